The average Bonchev–Trinajstić information content (AvgIpc) is 2.41. The topological polar surface area (TPSA) is 46.0 Å². The highest BCUT2D eigenvalue weighted by atomic mass is 35.5. The second-order valence-corrected chi connectivity index (χ2v) is 8.87. The van der Waals surface area contributed by atoms with Gasteiger partial charge < -0.3 is 5.11 Å². The second-order valence-electron chi connectivity index (χ2n) is 8.17. The third-order valence-corrected chi connectivity index (χ3v) is 4.47. The van der Waals surface area contributed by atoms with Gasteiger partial charge in [0.25, 0.3) is 0 Å². The van der Waals surface area contributed by atoms with Gasteiger partial charge in [-0.05, 0) is 39.1 Å². The molecule has 0 aliphatic heterocycles. The molecule has 1 heterocycles. The molecule has 0 fully saturated rings. The summed E-state index contributed by atoms with van der Waals surface area (Å²) in [4.78, 5) is 8.02. The van der Waals surface area contributed by atoms with Crippen LogP contribution < -0.4 is 0 Å². The molecule has 0 atom stereocenters. The molecule has 0 aliphatic carbocycles. The van der Waals surface area contributed by atoms with E-state index in [0.29, 0.717) is 17.3 Å². The Kier molecular flexibility index (Phi) is 5.17. The lowest BCUT2D eigenvalue weighted by Gasteiger charge is -2.28. The fourth-order valence-corrected chi connectivity index (χ4v) is 3.02. The maximum absolute atomic E-state index is 10.8. The number of hydrogen-bond acceptors (Lipinski definition) is 3. The number of nitrogens with zero attached hydrogens (tertiary/aromatic N) is 2. The Morgan fingerprint density at radius 1 is 0.958 bits per heavy atom. The van der Waals surface area contributed by atoms with Crippen LogP contribution in [-0.2, 0) is 17.3 Å². The summed E-state index contributed by atoms with van der Waals surface area (Å²) < 4.78 is 0. The lowest BCUT2D eigenvalue weighted by molar-refractivity contribution is 0.423. The van der Waals surface area contributed by atoms with Crippen LogP contribution in [0.5, 0.6) is 5.75 Å². The van der Waals surface area contributed by atoms with Crippen molar-refractivity contribution >= 4 is 23.2 Å². The Bertz CT molecular complexity index is 724. The lowest BCUT2D eigenvalue weighted by atomic mass is 9.78. The highest BCUT2D eigenvalue weighted by Gasteiger charge is 2.26. The number of aromatic hydroxyl groups is 1. The van der Waals surface area contributed by atoms with E-state index in [-0.39, 0.29) is 16.1 Å². The van der Waals surface area contributed by atoms with E-state index in [9.17, 15) is 5.11 Å². The zero-order chi connectivity index (χ0) is 18.3. The Morgan fingerprint density at radius 2 is 1.46 bits per heavy atom. The van der Waals surface area contributed by atoms with Gasteiger partial charge in [0.2, 0.25) is 5.28 Å². The number of benzene rings is 1. The molecule has 0 saturated heterocycles. The van der Waals surface area contributed by atoms with Crippen molar-refractivity contribution in [2.45, 2.75) is 58.8 Å². The number of phenolic OH excluding ortho intramolecular Hbond substituents is 1. The SMILES string of the molecule is CC(C)(C)c1cc(Cc2cnc(Cl)nc2Cl)cc(C(C)(C)C)c1O. The van der Waals surface area contributed by atoms with Crippen LogP contribution in [0.2, 0.25) is 10.4 Å². The maximum atomic E-state index is 10.8. The van der Waals surface area contributed by atoms with Crippen LogP contribution >= 0.6 is 23.2 Å². The molecule has 0 saturated carbocycles. The third-order valence-electron chi connectivity index (χ3n) is 3.96. The van der Waals surface area contributed by atoms with E-state index in [4.69, 9.17) is 23.2 Å². The van der Waals surface area contributed by atoms with Crippen molar-refractivity contribution in [1.82, 2.24) is 9.97 Å². The Hall–Kier alpha value is -1.32. The molecule has 0 spiro atoms. The van der Waals surface area contributed by atoms with Gasteiger partial charge in [-0.3, -0.25) is 0 Å². The predicted octanol–water partition coefficient (Wildman–Crippen LogP) is 5.67. The summed E-state index contributed by atoms with van der Waals surface area (Å²) in [6, 6.07) is 4.07. The molecular weight excluding hydrogens is 343 g/mol. The number of hydrogen-bond donors (Lipinski definition) is 1. The fraction of sp³-hybridized carbons (Fsp3) is 0.474. The molecule has 0 amide bonds. The third kappa shape index (κ3) is 4.20. The van der Waals surface area contributed by atoms with E-state index < -0.39 is 0 Å². The van der Waals surface area contributed by atoms with Crippen LogP contribution in [0.15, 0.2) is 18.3 Å². The number of aromatic nitrogens is 2. The van der Waals surface area contributed by atoms with Gasteiger partial charge in [-0.2, -0.15) is 0 Å². The first-order chi connectivity index (χ1) is 10.9. The van der Waals surface area contributed by atoms with Gasteiger partial charge in [0.1, 0.15) is 10.9 Å². The first-order valence-electron chi connectivity index (χ1n) is 7.93. The summed E-state index contributed by atoms with van der Waals surface area (Å²) in [7, 11) is 0. The summed E-state index contributed by atoms with van der Waals surface area (Å²) in [5.74, 6) is 0.372. The average molecular weight is 367 g/mol. The van der Waals surface area contributed by atoms with Gasteiger partial charge >= 0.3 is 0 Å². The standard InChI is InChI=1S/C19H24Cl2N2O/c1-18(2,3)13-8-11(9-14(15(13)24)19(4,5)6)7-12-10-22-17(21)23-16(12)20/h8-10,24H,7H2,1-6H3. The normalized spacial score (nSPS) is 12.5. The van der Waals surface area contributed by atoms with Gasteiger partial charge in [0, 0.05) is 18.2 Å². The molecule has 130 valence electrons. The minimum atomic E-state index is -0.166. The second kappa shape index (κ2) is 6.53. The lowest BCUT2D eigenvalue weighted by Crippen LogP contribution is -2.18. The number of halogens is 2. The van der Waals surface area contributed by atoms with Gasteiger partial charge in [-0.1, -0.05) is 65.3 Å². The molecule has 2 aromatic rings. The summed E-state index contributed by atoms with van der Waals surface area (Å²) in [5.41, 5.74) is 3.40. The van der Waals surface area contributed by atoms with Crippen LogP contribution in [0.4, 0.5) is 0 Å². The Labute approximate surface area is 154 Å². The van der Waals surface area contributed by atoms with Gasteiger partial charge in [-0.25, -0.2) is 9.97 Å². The van der Waals surface area contributed by atoms with Gasteiger partial charge in [0.05, 0.1) is 0 Å². The minimum absolute atomic E-state index is 0.139. The summed E-state index contributed by atoms with van der Waals surface area (Å²) >= 11 is 12.0. The van der Waals surface area contributed by atoms with Crippen molar-refractivity contribution in [1.29, 1.82) is 0 Å². The molecule has 1 N–H and O–H groups in total. The maximum Gasteiger partial charge on any atom is 0.223 e. The smallest absolute Gasteiger partial charge is 0.223 e. The summed E-state index contributed by atoms with van der Waals surface area (Å²) in [5, 5.41) is 11.3. The van der Waals surface area contributed by atoms with Gasteiger partial charge in [0.15, 0.2) is 0 Å². The van der Waals surface area contributed by atoms with Crippen molar-refractivity contribution in [3.05, 3.63) is 51.0 Å². The van der Waals surface area contributed by atoms with E-state index in [1.54, 1.807) is 6.20 Å². The van der Waals surface area contributed by atoms with Crippen molar-refractivity contribution < 1.29 is 5.11 Å². The Morgan fingerprint density at radius 3 is 1.88 bits per heavy atom. The molecule has 1 aromatic carbocycles. The predicted molar refractivity (Wildman–Crippen MR) is 100 cm³/mol. The van der Waals surface area contributed by atoms with Crippen molar-refractivity contribution in [3.8, 4) is 5.75 Å². The highest BCUT2D eigenvalue weighted by molar-refractivity contribution is 6.32. The van der Waals surface area contributed by atoms with Crippen molar-refractivity contribution in [2.75, 3.05) is 0 Å². The molecular formula is C19H24Cl2N2O. The largest absolute Gasteiger partial charge is 0.507 e. The molecule has 24 heavy (non-hydrogen) atoms. The van der Waals surface area contributed by atoms with Crippen LogP contribution in [-0.4, -0.2) is 15.1 Å². The van der Waals surface area contributed by atoms with E-state index >= 15 is 0 Å². The zero-order valence-electron chi connectivity index (χ0n) is 15.0. The first kappa shape index (κ1) is 19.0. The van der Waals surface area contributed by atoms with Gasteiger partial charge in [-0.15, -0.1) is 0 Å². The molecule has 3 nitrogen and oxygen atoms in total. The highest BCUT2D eigenvalue weighted by Crippen LogP contribution is 2.40. The number of phenols is 1. The molecule has 0 unspecified atom stereocenters. The quantitative estimate of drug-likeness (QED) is 0.549. The molecule has 0 bridgehead atoms. The van der Waals surface area contributed by atoms with Crippen LogP contribution in [0.25, 0.3) is 0 Å². The van der Waals surface area contributed by atoms with Crippen molar-refractivity contribution in [3.63, 3.8) is 0 Å². The summed E-state index contributed by atoms with van der Waals surface area (Å²) in [6.45, 7) is 12.6. The number of rotatable bonds is 2. The summed E-state index contributed by atoms with van der Waals surface area (Å²) in [6.07, 6.45) is 2.24. The molecule has 0 aliphatic rings. The first-order valence-corrected chi connectivity index (χ1v) is 8.69. The van der Waals surface area contributed by atoms with E-state index in [1.807, 2.05) is 12.1 Å². The van der Waals surface area contributed by atoms with Crippen molar-refractivity contribution in [2.24, 2.45) is 0 Å². The van der Waals surface area contributed by atoms with Crippen LogP contribution in [0.3, 0.4) is 0 Å². The molecule has 5 heteroatoms. The Balaban J connectivity index is 2.58. The zero-order valence-corrected chi connectivity index (χ0v) is 16.5. The van der Waals surface area contributed by atoms with E-state index in [1.165, 1.54) is 0 Å². The monoisotopic (exact) mass is 366 g/mol. The van der Waals surface area contributed by atoms with Crippen LogP contribution in [0, 0.1) is 0 Å². The van der Waals surface area contributed by atoms with Crippen LogP contribution in [0.1, 0.15) is 63.8 Å². The minimum Gasteiger partial charge on any atom is -0.507 e. The van der Waals surface area contributed by atoms with E-state index in [2.05, 4.69) is 51.5 Å². The fourth-order valence-electron chi connectivity index (χ4n) is 2.64. The molecule has 0 radical (unpaired) electrons. The molecule has 1 aromatic heterocycles. The van der Waals surface area contributed by atoms with E-state index in [0.717, 1.165) is 22.3 Å². The molecule has 2 rings (SSSR count).